The number of rotatable bonds is 6. The van der Waals surface area contributed by atoms with E-state index in [1.54, 1.807) is 24.3 Å². The van der Waals surface area contributed by atoms with Gasteiger partial charge >= 0.3 is 0 Å². The number of Topliss-reactive ketones (excluding diaryl/α,β-unsaturated/α-hetero) is 1. The molecule has 2 saturated heterocycles. The molecule has 2 N–H and O–H groups in total. The number of nitrogens with zero attached hydrogens (tertiary/aromatic N) is 3. The molecule has 5 rings (SSSR count). The topological polar surface area (TPSA) is 93.5 Å². The van der Waals surface area contributed by atoms with Crippen LogP contribution in [0.1, 0.15) is 50.4 Å². The fraction of sp³-hybridized carbons (Fsp3) is 0.353. The van der Waals surface area contributed by atoms with E-state index in [4.69, 9.17) is 4.74 Å². The van der Waals surface area contributed by atoms with Crippen LogP contribution in [0.25, 0.3) is 5.76 Å². The summed E-state index contributed by atoms with van der Waals surface area (Å²) in [6.07, 6.45) is 0. The molecule has 42 heavy (non-hydrogen) atoms. The highest BCUT2D eigenvalue weighted by atomic mass is 16.5. The smallest absolute Gasteiger partial charge is 0.300 e. The van der Waals surface area contributed by atoms with E-state index in [9.17, 15) is 19.8 Å². The second-order valence-corrected chi connectivity index (χ2v) is 12.0. The molecule has 0 saturated carbocycles. The van der Waals surface area contributed by atoms with Gasteiger partial charge in [-0.3, -0.25) is 14.5 Å². The quantitative estimate of drug-likeness (QED) is 0.231. The van der Waals surface area contributed by atoms with Crippen LogP contribution in [0.15, 0.2) is 72.3 Å². The Kier molecular flexibility index (Phi) is 8.01. The number of likely N-dealkylation sites (N-methyl/N-ethyl adjacent to an activating group) is 1. The Hall–Kier alpha value is -4.30. The first kappa shape index (κ1) is 29.2. The summed E-state index contributed by atoms with van der Waals surface area (Å²) in [5.41, 5.74) is 3.20. The molecule has 0 spiro atoms. The maximum Gasteiger partial charge on any atom is 0.300 e. The highest BCUT2D eigenvalue weighted by molar-refractivity contribution is 6.51. The molecule has 8 nitrogen and oxygen atoms in total. The molecule has 3 aromatic rings. The lowest BCUT2D eigenvalue weighted by Crippen LogP contribution is -2.44. The van der Waals surface area contributed by atoms with Gasteiger partial charge in [-0.05, 0) is 79.5 Å². The summed E-state index contributed by atoms with van der Waals surface area (Å²) in [5.74, 6) is -0.966. The van der Waals surface area contributed by atoms with Gasteiger partial charge in [-0.2, -0.15) is 0 Å². The van der Waals surface area contributed by atoms with Gasteiger partial charge in [-0.25, -0.2) is 0 Å². The van der Waals surface area contributed by atoms with Crippen molar-refractivity contribution in [2.45, 2.75) is 39.2 Å². The highest BCUT2D eigenvalue weighted by Gasteiger charge is 2.47. The van der Waals surface area contributed by atoms with Crippen molar-refractivity contribution in [3.63, 3.8) is 0 Å². The van der Waals surface area contributed by atoms with Crippen LogP contribution in [0.5, 0.6) is 11.5 Å². The van der Waals surface area contributed by atoms with E-state index < -0.39 is 17.7 Å². The number of ether oxygens (including phenoxy) is 1. The number of hydrogen-bond donors (Lipinski definition) is 2. The van der Waals surface area contributed by atoms with E-state index >= 15 is 0 Å². The monoisotopic (exact) mass is 569 g/mol. The Bertz CT molecular complexity index is 1500. The molecule has 1 atom stereocenters. The van der Waals surface area contributed by atoms with Crippen LogP contribution < -0.4 is 14.5 Å². The van der Waals surface area contributed by atoms with Gasteiger partial charge in [0.1, 0.15) is 17.3 Å². The molecule has 0 aliphatic carbocycles. The van der Waals surface area contributed by atoms with E-state index in [-0.39, 0.29) is 22.5 Å². The summed E-state index contributed by atoms with van der Waals surface area (Å²) in [7, 11) is 2.11. The van der Waals surface area contributed by atoms with Gasteiger partial charge in [-0.1, -0.05) is 32.9 Å². The van der Waals surface area contributed by atoms with E-state index in [2.05, 4.69) is 37.6 Å². The lowest BCUT2D eigenvalue weighted by molar-refractivity contribution is -0.132. The lowest BCUT2D eigenvalue weighted by Gasteiger charge is -2.34. The van der Waals surface area contributed by atoms with Crippen molar-refractivity contribution in [3.05, 3.63) is 89.0 Å². The van der Waals surface area contributed by atoms with E-state index in [0.717, 1.165) is 37.4 Å². The molecule has 2 heterocycles. The first-order chi connectivity index (χ1) is 20.0. The number of carbonyl (C=O) groups is 2. The molecular formula is C34H39N3O5. The maximum absolute atomic E-state index is 13.7. The standard InChI is InChI=1S/C34H39N3O5/c1-6-42-28-16-9-23(21-27(28)34(2,3)4)31(39)29-30(22-7-14-26(38)15-8-22)37(33(41)32(29)40)25-12-10-24(11-13-25)36-19-17-35(5)18-20-36/h7-16,21,30,38-39H,6,17-20H2,1-5H3/b31-29-. The fourth-order valence-electron chi connectivity index (χ4n) is 5.66. The third-order valence-electron chi connectivity index (χ3n) is 8.01. The number of aliphatic hydroxyl groups is 1. The minimum atomic E-state index is -0.884. The number of hydrogen-bond acceptors (Lipinski definition) is 7. The minimum Gasteiger partial charge on any atom is -0.508 e. The Morgan fingerprint density at radius 1 is 0.905 bits per heavy atom. The Labute approximate surface area is 247 Å². The molecule has 2 aliphatic heterocycles. The molecule has 0 bridgehead atoms. The number of benzene rings is 3. The highest BCUT2D eigenvalue weighted by Crippen LogP contribution is 2.43. The number of carbonyl (C=O) groups excluding carboxylic acids is 2. The van der Waals surface area contributed by atoms with Crippen LogP contribution in [-0.4, -0.2) is 66.6 Å². The molecule has 1 amide bonds. The SMILES string of the molecule is CCOc1ccc(/C(O)=C2/C(=O)C(=O)N(c3ccc(N4CCN(C)CC4)cc3)C2c2ccc(O)cc2)cc1C(C)(C)C. The number of amides is 1. The van der Waals surface area contributed by atoms with Gasteiger partial charge in [0.05, 0.1) is 18.2 Å². The maximum atomic E-state index is 13.7. The molecule has 2 fully saturated rings. The van der Waals surface area contributed by atoms with E-state index in [1.807, 2.05) is 37.3 Å². The second kappa shape index (κ2) is 11.5. The van der Waals surface area contributed by atoms with Crippen LogP contribution in [0.3, 0.4) is 0 Å². The number of aromatic hydroxyl groups is 1. The van der Waals surface area contributed by atoms with Crippen molar-refractivity contribution in [2.24, 2.45) is 0 Å². The summed E-state index contributed by atoms with van der Waals surface area (Å²) in [5, 5.41) is 21.6. The second-order valence-electron chi connectivity index (χ2n) is 12.0. The van der Waals surface area contributed by atoms with Crippen molar-refractivity contribution in [1.29, 1.82) is 0 Å². The zero-order valence-corrected chi connectivity index (χ0v) is 24.9. The number of phenolic OH excluding ortho intramolecular Hbond substituents is 1. The summed E-state index contributed by atoms with van der Waals surface area (Å²) in [4.78, 5) is 33.3. The van der Waals surface area contributed by atoms with Gasteiger partial charge in [0.2, 0.25) is 0 Å². The summed E-state index contributed by atoms with van der Waals surface area (Å²) >= 11 is 0. The molecule has 0 aromatic heterocycles. The average Bonchev–Trinajstić information content (AvgIpc) is 3.23. The number of aliphatic hydroxyl groups excluding tert-OH is 1. The summed E-state index contributed by atoms with van der Waals surface area (Å²) in [6, 6.07) is 18.4. The van der Waals surface area contributed by atoms with Gasteiger partial charge in [0, 0.05) is 48.7 Å². The number of ketones is 1. The van der Waals surface area contributed by atoms with Gasteiger partial charge < -0.3 is 24.7 Å². The van der Waals surface area contributed by atoms with Crippen LogP contribution in [0.2, 0.25) is 0 Å². The largest absolute Gasteiger partial charge is 0.508 e. The third-order valence-corrected chi connectivity index (χ3v) is 8.01. The van der Waals surface area contributed by atoms with Crippen molar-refractivity contribution in [1.82, 2.24) is 4.90 Å². The number of phenols is 1. The van der Waals surface area contributed by atoms with Crippen molar-refractivity contribution >= 4 is 28.8 Å². The summed E-state index contributed by atoms with van der Waals surface area (Å²) in [6.45, 7) is 12.3. The van der Waals surface area contributed by atoms with Crippen molar-refractivity contribution in [3.8, 4) is 11.5 Å². The van der Waals surface area contributed by atoms with Gasteiger partial charge in [0.25, 0.3) is 11.7 Å². The predicted octanol–water partition coefficient (Wildman–Crippen LogP) is 5.47. The molecule has 220 valence electrons. The predicted molar refractivity (Wildman–Crippen MR) is 165 cm³/mol. The average molecular weight is 570 g/mol. The Morgan fingerprint density at radius 3 is 2.12 bits per heavy atom. The van der Waals surface area contributed by atoms with Crippen LogP contribution in [0, 0.1) is 0 Å². The number of piperazine rings is 1. The minimum absolute atomic E-state index is 0.00199. The van der Waals surface area contributed by atoms with E-state index in [1.165, 1.54) is 17.0 Å². The molecule has 0 radical (unpaired) electrons. The van der Waals surface area contributed by atoms with Crippen LogP contribution in [0.4, 0.5) is 11.4 Å². The zero-order chi connectivity index (χ0) is 30.2. The van der Waals surface area contributed by atoms with Gasteiger partial charge in [-0.15, -0.1) is 0 Å². The molecular weight excluding hydrogens is 530 g/mol. The first-order valence-corrected chi connectivity index (χ1v) is 14.4. The van der Waals surface area contributed by atoms with Crippen molar-refractivity contribution < 1.29 is 24.5 Å². The molecule has 3 aromatic carbocycles. The van der Waals surface area contributed by atoms with E-state index in [0.29, 0.717) is 29.2 Å². The van der Waals surface area contributed by atoms with Gasteiger partial charge in [0.15, 0.2) is 0 Å². The molecule has 1 unspecified atom stereocenters. The lowest BCUT2D eigenvalue weighted by atomic mass is 9.84. The third kappa shape index (κ3) is 5.59. The molecule has 8 heteroatoms. The summed E-state index contributed by atoms with van der Waals surface area (Å²) < 4.78 is 5.84. The molecule has 2 aliphatic rings. The van der Waals surface area contributed by atoms with Crippen LogP contribution >= 0.6 is 0 Å². The zero-order valence-electron chi connectivity index (χ0n) is 24.9. The number of anilines is 2. The first-order valence-electron chi connectivity index (χ1n) is 14.4. The van der Waals surface area contributed by atoms with Crippen molar-refractivity contribution in [2.75, 3.05) is 49.6 Å². The Morgan fingerprint density at radius 2 is 1.52 bits per heavy atom. The normalized spacial score (nSPS) is 19.4. The fourth-order valence-corrected chi connectivity index (χ4v) is 5.66. The van der Waals surface area contributed by atoms with Crippen LogP contribution in [-0.2, 0) is 15.0 Å². The Balaban J connectivity index is 1.60.